The van der Waals surface area contributed by atoms with Crippen molar-refractivity contribution in [2.24, 2.45) is 11.5 Å². The van der Waals surface area contributed by atoms with Crippen molar-refractivity contribution in [1.82, 2.24) is 20.9 Å². The third-order valence-electron chi connectivity index (χ3n) is 5.43. The number of primary amides is 1. The summed E-state index contributed by atoms with van der Waals surface area (Å²) in [6.45, 7) is -0.508. The molecule has 0 aliphatic carbocycles. The lowest BCUT2D eigenvalue weighted by Crippen LogP contribution is -2.54. The van der Waals surface area contributed by atoms with E-state index >= 15 is 0 Å². The summed E-state index contributed by atoms with van der Waals surface area (Å²) >= 11 is 1.48. The molecule has 1 aromatic heterocycles. The number of aliphatic carboxylic acids is 1. The molecular weight excluding hydrogens is 488 g/mol. The molecule has 3 atom stereocenters. The number of H-pyrrole nitrogens is 1. The Kier molecular flexibility index (Phi) is 11.2. The van der Waals surface area contributed by atoms with Crippen LogP contribution in [-0.4, -0.2) is 76.4 Å². The van der Waals surface area contributed by atoms with Gasteiger partial charge in [-0.25, -0.2) is 4.79 Å². The van der Waals surface area contributed by atoms with Gasteiger partial charge < -0.3 is 37.5 Å². The number of carbonyl (C=O) groups is 5. The number of aromatic nitrogens is 1. The lowest BCUT2D eigenvalue weighted by atomic mass is 10.0. The molecule has 196 valence electrons. The zero-order valence-corrected chi connectivity index (χ0v) is 20.7. The van der Waals surface area contributed by atoms with Crippen LogP contribution in [0.25, 0.3) is 10.9 Å². The molecule has 0 bridgehead atoms. The number of amides is 4. The quantitative estimate of drug-likeness (QED) is 0.158. The molecule has 36 heavy (non-hydrogen) atoms. The molecule has 1 aromatic carbocycles. The lowest BCUT2D eigenvalue weighted by Gasteiger charge is -2.21. The van der Waals surface area contributed by atoms with E-state index in [1.807, 2.05) is 30.5 Å². The van der Waals surface area contributed by atoms with Crippen molar-refractivity contribution >= 4 is 52.3 Å². The Balaban J connectivity index is 1.93. The molecule has 13 heteroatoms. The van der Waals surface area contributed by atoms with Crippen molar-refractivity contribution in [3.8, 4) is 0 Å². The smallest absolute Gasteiger partial charge is 0.326 e. The molecule has 4 amide bonds. The summed E-state index contributed by atoms with van der Waals surface area (Å²) in [5.41, 5.74) is 12.9. The number of aromatic amines is 1. The van der Waals surface area contributed by atoms with Crippen molar-refractivity contribution in [2.75, 3.05) is 18.6 Å². The second-order valence-electron chi connectivity index (χ2n) is 8.19. The number of carbonyl (C=O) groups excluding carboxylic acids is 4. The topological polar surface area (TPSA) is 209 Å². The first-order valence-electron chi connectivity index (χ1n) is 11.3. The average Bonchev–Trinajstić information content (AvgIpc) is 3.24. The summed E-state index contributed by atoms with van der Waals surface area (Å²) in [4.78, 5) is 62.9. The second kappa shape index (κ2) is 14.1. The van der Waals surface area contributed by atoms with Gasteiger partial charge in [-0.1, -0.05) is 18.2 Å². The molecule has 0 saturated heterocycles. The standard InChI is InChI=1S/C23H32N6O6S/c1-36-9-8-17(22(33)27-12-20(31)28-18(23(34)35)6-7-19(25)30)29-21(32)15(24)10-13-11-26-16-5-3-2-4-14(13)16/h2-5,11,15,17-18,26H,6-10,12,24H2,1H3,(H2,25,30)(H,27,33)(H,28,31)(H,29,32)(H,34,35). The Bertz CT molecular complexity index is 1090. The van der Waals surface area contributed by atoms with Crippen molar-refractivity contribution in [1.29, 1.82) is 0 Å². The number of benzene rings is 1. The first-order valence-corrected chi connectivity index (χ1v) is 12.7. The molecule has 3 unspecified atom stereocenters. The number of hydrogen-bond acceptors (Lipinski definition) is 7. The highest BCUT2D eigenvalue weighted by atomic mass is 32.2. The third-order valence-corrected chi connectivity index (χ3v) is 6.07. The molecule has 12 nitrogen and oxygen atoms in total. The Morgan fingerprint density at radius 2 is 1.78 bits per heavy atom. The van der Waals surface area contributed by atoms with Crippen molar-refractivity contribution in [2.45, 2.75) is 43.8 Å². The van der Waals surface area contributed by atoms with Gasteiger partial charge in [-0.2, -0.15) is 11.8 Å². The normalized spacial score (nSPS) is 13.4. The predicted molar refractivity (Wildman–Crippen MR) is 136 cm³/mol. The third kappa shape index (κ3) is 8.89. The zero-order chi connectivity index (χ0) is 26.7. The van der Waals surface area contributed by atoms with Crippen LogP contribution in [-0.2, 0) is 30.4 Å². The fourth-order valence-electron chi connectivity index (χ4n) is 3.49. The van der Waals surface area contributed by atoms with E-state index in [0.29, 0.717) is 12.2 Å². The number of fused-ring (bicyclic) bond motifs is 1. The molecule has 0 aliphatic rings. The Hall–Kier alpha value is -3.58. The largest absolute Gasteiger partial charge is 0.480 e. The maximum absolute atomic E-state index is 12.8. The molecule has 0 spiro atoms. The van der Waals surface area contributed by atoms with E-state index in [1.165, 1.54) is 11.8 Å². The molecular formula is C23H32N6O6S. The van der Waals surface area contributed by atoms with Crippen LogP contribution in [0.1, 0.15) is 24.8 Å². The fourth-order valence-corrected chi connectivity index (χ4v) is 3.96. The zero-order valence-electron chi connectivity index (χ0n) is 19.9. The fraction of sp³-hybridized carbons (Fsp3) is 0.435. The minimum atomic E-state index is -1.33. The van der Waals surface area contributed by atoms with Gasteiger partial charge in [0.15, 0.2) is 0 Å². The number of nitrogens with one attached hydrogen (secondary N) is 4. The highest BCUT2D eigenvalue weighted by molar-refractivity contribution is 7.98. The van der Waals surface area contributed by atoms with Gasteiger partial charge in [0.2, 0.25) is 23.6 Å². The Labute approximate surface area is 212 Å². The molecule has 9 N–H and O–H groups in total. The van der Waals surface area contributed by atoms with Crippen LogP contribution in [0.4, 0.5) is 0 Å². The SMILES string of the molecule is CSCCC(NC(=O)C(N)Cc1c[nH]c2ccccc12)C(=O)NCC(=O)NC(CCC(N)=O)C(=O)O. The Morgan fingerprint density at radius 1 is 1.06 bits per heavy atom. The van der Waals surface area contributed by atoms with Crippen molar-refractivity contribution in [3.05, 3.63) is 36.0 Å². The van der Waals surface area contributed by atoms with Crippen molar-refractivity contribution < 1.29 is 29.1 Å². The maximum Gasteiger partial charge on any atom is 0.326 e. The average molecular weight is 521 g/mol. The van der Waals surface area contributed by atoms with Crippen LogP contribution in [0.2, 0.25) is 0 Å². The molecule has 0 fully saturated rings. The number of hydrogen-bond donors (Lipinski definition) is 7. The van der Waals surface area contributed by atoms with E-state index < -0.39 is 54.3 Å². The van der Waals surface area contributed by atoms with Crippen LogP contribution >= 0.6 is 11.8 Å². The number of nitrogens with two attached hydrogens (primary N) is 2. The first kappa shape index (κ1) is 28.7. The minimum absolute atomic E-state index is 0.176. The van der Waals surface area contributed by atoms with E-state index in [4.69, 9.17) is 11.5 Å². The molecule has 0 radical (unpaired) electrons. The van der Waals surface area contributed by atoms with E-state index in [9.17, 15) is 29.1 Å². The van der Waals surface area contributed by atoms with Crippen LogP contribution in [0.3, 0.4) is 0 Å². The lowest BCUT2D eigenvalue weighted by molar-refractivity contribution is -0.142. The van der Waals surface area contributed by atoms with Gasteiger partial charge in [0.1, 0.15) is 12.1 Å². The number of rotatable bonds is 15. The van der Waals surface area contributed by atoms with Gasteiger partial charge in [-0.05, 0) is 42.9 Å². The number of thioether (sulfide) groups is 1. The molecule has 0 saturated carbocycles. The van der Waals surface area contributed by atoms with Gasteiger partial charge >= 0.3 is 5.97 Å². The van der Waals surface area contributed by atoms with E-state index in [1.54, 1.807) is 6.20 Å². The van der Waals surface area contributed by atoms with E-state index in [0.717, 1.165) is 16.5 Å². The summed E-state index contributed by atoms with van der Waals surface area (Å²) in [6.07, 6.45) is 3.82. The van der Waals surface area contributed by atoms with Crippen LogP contribution in [0.5, 0.6) is 0 Å². The van der Waals surface area contributed by atoms with Gasteiger partial charge in [-0.3, -0.25) is 19.2 Å². The first-order chi connectivity index (χ1) is 17.1. The molecule has 0 aliphatic heterocycles. The van der Waals surface area contributed by atoms with E-state index in [2.05, 4.69) is 20.9 Å². The molecule has 1 heterocycles. The summed E-state index contributed by atoms with van der Waals surface area (Å²) in [6, 6.07) is 4.47. The van der Waals surface area contributed by atoms with Gasteiger partial charge in [0, 0.05) is 23.5 Å². The molecule has 2 rings (SSSR count). The number of para-hydroxylation sites is 1. The maximum atomic E-state index is 12.8. The van der Waals surface area contributed by atoms with Crippen LogP contribution in [0.15, 0.2) is 30.5 Å². The second-order valence-corrected chi connectivity index (χ2v) is 9.18. The minimum Gasteiger partial charge on any atom is -0.480 e. The summed E-state index contributed by atoms with van der Waals surface area (Å²) in [5, 5.41) is 17.4. The summed E-state index contributed by atoms with van der Waals surface area (Å²) in [5.74, 6) is -3.33. The van der Waals surface area contributed by atoms with E-state index in [-0.39, 0.29) is 19.3 Å². The van der Waals surface area contributed by atoms with Crippen LogP contribution < -0.4 is 27.4 Å². The molecule has 2 aromatic rings. The highest BCUT2D eigenvalue weighted by Gasteiger charge is 2.25. The summed E-state index contributed by atoms with van der Waals surface area (Å²) < 4.78 is 0. The monoisotopic (exact) mass is 520 g/mol. The highest BCUT2D eigenvalue weighted by Crippen LogP contribution is 2.18. The summed E-state index contributed by atoms with van der Waals surface area (Å²) in [7, 11) is 0. The van der Waals surface area contributed by atoms with Crippen molar-refractivity contribution in [3.63, 3.8) is 0 Å². The number of carboxylic acids is 1. The predicted octanol–water partition coefficient (Wildman–Crippen LogP) is -0.773. The number of carboxylic acid groups (broad SMARTS) is 1. The van der Waals surface area contributed by atoms with Crippen LogP contribution in [0, 0.1) is 0 Å². The van der Waals surface area contributed by atoms with Gasteiger partial charge in [-0.15, -0.1) is 0 Å². The Morgan fingerprint density at radius 3 is 2.44 bits per heavy atom. The van der Waals surface area contributed by atoms with Gasteiger partial charge in [0.25, 0.3) is 0 Å². The van der Waals surface area contributed by atoms with Gasteiger partial charge in [0.05, 0.1) is 12.6 Å².